The van der Waals surface area contributed by atoms with E-state index in [0.29, 0.717) is 0 Å². The van der Waals surface area contributed by atoms with Gasteiger partial charge in [-0.2, -0.15) is 0 Å². The van der Waals surface area contributed by atoms with Crippen molar-refractivity contribution in [2.75, 3.05) is 38.5 Å². The predicted molar refractivity (Wildman–Crippen MR) is 85.4 cm³/mol. The molecule has 5 heteroatoms. The molecule has 0 saturated carbocycles. The van der Waals surface area contributed by atoms with Gasteiger partial charge >= 0.3 is 0 Å². The molecule has 1 aromatic heterocycles. The topological polar surface area (TPSA) is 41.3 Å². The Labute approximate surface area is 124 Å². The van der Waals surface area contributed by atoms with Crippen LogP contribution in [0.1, 0.15) is 13.8 Å². The van der Waals surface area contributed by atoms with Crippen molar-refractivity contribution in [2.24, 2.45) is 0 Å². The van der Waals surface area contributed by atoms with Gasteiger partial charge in [0.15, 0.2) is 5.58 Å². The summed E-state index contributed by atoms with van der Waals surface area (Å²) in [6.45, 7) is 9.77. The van der Waals surface area contributed by atoms with Gasteiger partial charge in [-0.25, -0.2) is 4.98 Å². The van der Waals surface area contributed by atoms with Gasteiger partial charge in [-0.3, -0.25) is 0 Å². The van der Waals surface area contributed by atoms with Gasteiger partial charge in [-0.1, -0.05) is 37.7 Å². The molecule has 4 nitrogen and oxygen atoms in total. The minimum absolute atomic E-state index is 0.761. The second-order valence-corrected chi connectivity index (χ2v) is 5.62. The lowest BCUT2D eigenvalue weighted by atomic mass is 10.3. The fourth-order valence-electron chi connectivity index (χ4n) is 2.03. The number of oxazole rings is 1. The van der Waals surface area contributed by atoms with Crippen molar-refractivity contribution >= 4 is 22.9 Å². The van der Waals surface area contributed by atoms with E-state index in [-0.39, 0.29) is 0 Å². The highest BCUT2D eigenvalue weighted by molar-refractivity contribution is 7.99. The third-order valence-corrected chi connectivity index (χ3v) is 4.11. The summed E-state index contributed by atoms with van der Waals surface area (Å²) in [6, 6.07) is 7.88. The number of likely N-dealkylation sites (N-methyl/N-ethyl adjacent to an activating group) is 1. The fourth-order valence-corrected chi connectivity index (χ4v) is 2.76. The lowest BCUT2D eigenvalue weighted by molar-refractivity contribution is 0.303. The van der Waals surface area contributed by atoms with Crippen molar-refractivity contribution in [2.45, 2.75) is 19.1 Å². The quantitative estimate of drug-likeness (QED) is 0.569. The number of rotatable bonds is 9. The van der Waals surface area contributed by atoms with Crippen molar-refractivity contribution in [1.82, 2.24) is 15.2 Å². The van der Waals surface area contributed by atoms with E-state index in [1.54, 1.807) is 11.8 Å². The average Bonchev–Trinajstić information content (AvgIpc) is 2.89. The Morgan fingerprint density at radius 3 is 2.75 bits per heavy atom. The molecule has 2 aromatic rings. The number of nitrogens with one attached hydrogen (secondary N) is 1. The molecular formula is C15H23N3OS. The molecule has 0 aliphatic rings. The molecule has 1 N–H and O–H groups in total. The van der Waals surface area contributed by atoms with Crippen LogP contribution < -0.4 is 5.32 Å². The monoisotopic (exact) mass is 293 g/mol. The van der Waals surface area contributed by atoms with E-state index in [9.17, 15) is 0 Å². The van der Waals surface area contributed by atoms with Crippen LogP contribution in [-0.4, -0.2) is 48.4 Å². The molecule has 0 spiro atoms. The van der Waals surface area contributed by atoms with E-state index in [2.05, 4.69) is 29.0 Å². The molecular weight excluding hydrogens is 270 g/mol. The van der Waals surface area contributed by atoms with Gasteiger partial charge in [0.1, 0.15) is 5.52 Å². The summed E-state index contributed by atoms with van der Waals surface area (Å²) >= 11 is 1.66. The van der Waals surface area contributed by atoms with Crippen molar-refractivity contribution in [1.29, 1.82) is 0 Å². The molecule has 0 aliphatic carbocycles. The highest BCUT2D eigenvalue weighted by Crippen LogP contribution is 2.22. The van der Waals surface area contributed by atoms with Crippen molar-refractivity contribution in [3.8, 4) is 0 Å². The molecule has 0 saturated heterocycles. The van der Waals surface area contributed by atoms with Gasteiger partial charge in [-0.15, -0.1) is 0 Å². The standard InChI is InChI=1S/C15H23N3OS/c1-3-18(4-2)11-9-16-10-12-20-15-17-13-7-5-6-8-14(13)19-15/h5-8,16H,3-4,9-12H2,1-2H3. The van der Waals surface area contributed by atoms with Gasteiger partial charge < -0.3 is 14.6 Å². The van der Waals surface area contributed by atoms with Crippen LogP contribution >= 0.6 is 11.8 Å². The lowest BCUT2D eigenvalue weighted by Gasteiger charge is -2.17. The van der Waals surface area contributed by atoms with Crippen LogP contribution in [0.4, 0.5) is 0 Å². The van der Waals surface area contributed by atoms with Crippen LogP contribution in [0, 0.1) is 0 Å². The first kappa shape index (κ1) is 15.4. The first-order valence-electron chi connectivity index (χ1n) is 7.25. The second-order valence-electron chi connectivity index (χ2n) is 4.57. The van der Waals surface area contributed by atoms with Gasteiger partial charge in [0.25, 0.3) is 5.22 Å². The third-order valence-electron chi connectivity index (χ3n) is 3.28. The highest BCUT2D eigenvalue weighted by atomic mass is 32.2. The zero-order chi connectivity index (χ0) is 14.2. The molecule has 0 atom stereocenters. The number of hydrogen-bond acceptors (Lipinski definition) is 5. The summed E-state index contributed by atoms with van der Waals surface area (Å²) < 4.78 is 5.66. The van der Waals surface area contributed by atoms with E-state index in [0.717, 1.165) is 54.8 Å². The normalized spacial score (nSPS) is 11.6. The molecule has 0 bridgehead atoms. The Kier molecular flexibility index (Phi) is 6.36. The molecule has 0 aliphatic heterocycles. The largest absolute Gasteiger partial charge is 0.431 e. The SMILES string of the molecule is CCN(CC)CCNCCSc1nc2ccccc2o1. The third kappa shape index (κ3) is 4.51. The summed E-state index contributed by atoms with van der Waals surface area (Å²) in [5.41, 5.74) is 1.80. The summed E-state index contributed by atoms with van der Waals surface area (Å²) in [5.74, 6) is 0.977. The highest BCUT2D eigenvalue weighted by Gasteiger charge is 2.04. The number of hydrogen-bond donors (Lipinski definition) is 1. The number of thioether (sulfide) groups is 1. The van der Waals surface area contributed by atoms with Gasteiger partial charge in [0, 0.05) is 25.4 Å². The Balaban J connectivity index is 1.63. The Bertz CT molecular complexity index is 478. The molecule has 20 heavy (non-hydrogen) atoms. The van der Waals surface area contributed by atoms with Crippen LogP contribution in [-0.2, 0) is 0 Å². The van der Waals surface area contributed by atoms with Crippen LogP contribution in [0.3, 0.4) is 0 Å². The number of nitrogens with zero attached hydrogens (tertiary/aromatic N) is 2. The van der Waals surface area contributed by atoms with E-state index in [1.165, 1.54) is 0 Å². The Hall–Kier alpha value is -1.04. The summed E-state index contributed by atoms with van der Waals surface area (Å²) in [7, 11) is 0. The number of aromatic nitrogens is 1. The molecule has 0 fully saturated rings. The fraction of sp³-hybridized carbons (Fsp3) is 0.533. The molecule has 110 valence electrons. The maximum Gasteiger partial charge on any atom is 0.256 e. The van der Waals surface area contributed by atoms with Crippen molar-refractivity contribution < 1.29 is 4.42 Å². The molecule has 0 amide bonds. The van der Waals surface area contributed by atoms with Crippen molar-refractivity contribution in [3.63, 3.8) is 0 Å². The van der Waals surface area contributed by atoms with Crippen LogP contribution in [0.5, 0.6) is 0 Å². The lowest BCUT2D eigenvalue weighted by Crippen LogP contribution is -2.32. The van der Waals surface area contributed by atoms with Crippen molar-refractivity contribution in [3.05, 3.63) is 24.3 Å². The first-order chi connectivity index (χ1) is 9.83. The minimum Gasteiger partial charge on any atom is -0.431 e. The van der Waals surface area contributed by atoms with Gasteiger partial charge in [-0.05, 0) is 25.2 Å². The first-order valence-corrected chi connectivity index (χ1v) is 8.23. The minimum atomic E-state index is 0.761. The molecule has 0 unspecified atom stereocenters. The molecule has 0 radical (unpaired) electrons. The van der Waals surface area contributed by atoms with Crippen LogP contribution in [0.15, 0.2) is 33.9 Å². The van der Waals surface area contributed by atoms with Gasteiger partial charge in [0.05, 0.1) is 0 Å². The Morgan fingerprint density at radius 1 is 1.20 bits per heavy atom. The number of fused-ring (bicyclic) bond motifs is 1. The Morgan fingerprint density at radius 2 is 2.00 bits per heavy atom. The average molecular weight is 293 g/mol. The van der Waals surface area contributed by atoms with E-state index < -0.39 is 0 Å². The molecule has 1 aromatic carbocycles. The number of benzene rings is 1. The smallest absolute Gasteiger partial charge is 0.256 e. The van der Waals surface area contributed by atoms with E-state index in [4.69, 9.17) is 4.42 Å². The second kappa shape index (κ2) is 8.29. The summed E-state index contributed by atoms with van der Waals surface area (Å²) in [5, 5.41) is 4.22. The zero-order valence-electron chi connectivity index (χ0n) is 12.3. The maximum atomic E-state index is 5.66. The van der Waals surface area contributed by atoms with Crippen LogP contribution in [0.2, 0.25) is 0 Å². The zero-order valence-corrected chi connectivity index (χ0v) is 13.1. The van der Waals surface area contributed by atoms with Crippen LogP contribution in [0.25, 0.3) is 11.1 Å². The molecule has 2 rings (SSSR count). The predicted octanol–water partition coefficient (Wildman–Crippen LogP) is 2.85. The number of para-hydroxylation sites is 2. The van der Waals surface area contributed by atoms with Gasteiger partial charge in [0.2, 0.25) is 0 Å². The summed E-state index contributed by atoms with van der Waals surface area (Å²) in [6.07, 6.45) is 0. The van der Waals surface area contributed by atoms with E-state index in [1.807, 2.05) is 24.3 Å². The molecule has 1 heterocycles. The van der Waals surface area contributed by atoms with E-state index >= 15 is 0 Å². The maximum absolute atomic E-state index is 5.66. The summed E-state index contributed by atoms with van der Waals surface area (Å²) in [4.78, 5) is 6.86.